The molecule has 0 aromatic heterocycles. The summed E-state index contributed by atoms with van der Waals surface area (Å²) in [7, 11) is 0. The first-order valence-electron chi connectivity index (χ1n) is 3.76. The van der Waals surface area contributed by atoms with Gasteiger partial charge in [-0.3, -0.25) is 10.1 Å². The van der Waals surface area contributed by atoms with E-state index < -0.39 is 16.6 Å². The second kappa shape index (κ2) is 4.12. The van der Waals surface area contributed by atoms with Gasteiger partial charge in [0, 0.05) is 12.1 Å². The number of carboxylic acid groups (broad SMARTS) is 1. The summed E-state index contributed by atoms with van der Waals surface area (Å²) in [4.78, 5) is 22.8. The van der Waals surface area contributed by atoms with Crippen LogP contribution in [0.4, 0.5) is 5.69 Å². The SMILES string of the molecule is [N-]=[N+]=C(C(=O)O)c1ccc([N+](=O)[O-])cc1. The third-order valence-corrected chi connectivity index (χ3v) is 1.65. The molecule has 0 saturated carbocycles. The highest BCUT2D eigenvalue weighted by molar-refractivity contribution is 6.40. The van der Waals surface area contributed by atoms with Crippen LogP contribution in [0.2, 0.25) is 0 Å². The molecule has 0 atom stereocenters. The molecule has 0 spiro atoms. The Labute approximate surface area is 83.4 Å². The lowest BCUT2D eigenvalue weighted by Gasteiger charge is -1.92. The third kappa shape index (κ3) is 2.23. The van der Waals surface area contributed by atoms with Gasteiger partial charge in [-0.15, -0.1) is 0 Å². The molecule has 15 heavy (non-hydrogen) atoms. The summed E-state index contributed by atoms with van der Waals surface area (Å²) >= 11 is 0. The monoisotopic (exact) mass is 207 g/mol. The number of aliphatic carboxylic acids is 1. The molecule has 1 aromatic rings. The van der Waals surface area contributed by atoms with E-state index in [1.54, 1.807) is 0 Å². The van der Waals surface area contributed by atoms with Crippen molar-refractivity contribution >= 4 is 17.4 Å². The number of hydrogen-bond donors (Lipinski definition) is 1. The van der Waals surface area contributed by atoms with Crippen LogP contribution in [-0.4, -0.2) is 26.5 Å². The van der Waals surface area contributed by atoms with Gasteiger partial charge in [-0.25, -0.2) is 4.79 Å². The van der Waals surface area contributed by atoms with Crippen LogP contribution in [0, 0.1) is 10.1 Å². The molecule has 0 fully saturated rings. The van der Waals surface area contributed by atoms with Gasteiger partial charge in [0.25, 0.3) is 5.69 Å². The van der Waals surface area contributed by atoms with E-state index in [-0.39, 0.29) is 11.3 Å². The quantitative estimate of drug-likeness (QED) is 0.258. The standard InChI is InChI=1S/C8H5N3O4/c9-10-7(8(12)13)5-1-3-6(4-2-5)11(14)15/h1-4H,(H,12,13). The maximum absolute atomic E-state index is 10.5. The average molecular weight is 207 g/mol. The van der Waals surface area contributed by atoms with Crippen LogP contribution in [0.3, 0.4) is 0 Å². The predicted octanol–water partition coefficient (Wildman–Crippen LogP) is 0.698. The number of nitro benzene ring substituents is 1. The van der Waals surface area contributed by atoms with Gasteiger partial charge in [0.2, 0.25) is 0 Å². The minimum atomic E-state index is -1.41. The summed E-state index contributed by atoms with van der Waals surface area (Å²) in [5.41, 5.74) is 7.76. The van der Waals surface area contributed by atoms with Gasteiger partial charge in [0.05, 0.1) is 10.5 Å². The second-order valence-electron chi connectivity index (χ2n) is 2.56. The Balaban J connectivity index is 3.14. The highest BCUT2D eigenvalue weighted by Crippen LogP contribution is 2.11. The smallest absolute Gasteiger partial charge is 0.419 e. The molecule has 7 nitrogen and oxygen atoms in total. The molecule has 1 rings (SSSR count). The van der Waals surface area contributed by atoms with E-state index in [4.69, 9.17) is 10.6 Å². The Kier molecular flexibility index (Phi) is 2.90. The number of carbonyl (C=O) groups is 1. The zero-order valence-electron chi connectivity index (χ0n) is 7.32. The van der Waals surface area contributed by atoms with Crippen molar-refractivity contribution < 1.29 is 19.6 Å². The van der Waals surface area contributed by atoms with E-state index in [0.29, 0.717) is 0 Å². The number of nitrogens with zero attached hydrogens (tertiary/aromatic N) is 3. The Morgan fingerprint density at radius 3 is 2.27 bits per heavy atom. The van der Waals surface area contributed by atoms with Crippen molar-refractivity contribution in [2.75, 3.05) is 0 Å². The number of hydrogen-bond acceptors (Lipinski definition) is 3. The van der Waals surface area contributed by atoms with Crippen molar-refractivity contribution in [2.45, 2.75) is 0 Å². The lowest BCUT2D eigenvalue weighted by Crippen LogP contribution is -2.15. The molecule has 0 amide bonds. The van der Waals surface area contributed by atoms with Gasteiger partial charge in [0.15, 0.2) is 0 Å². The Hall–Kier alpha value is -2.53. The number of carboxylic acids is 1. The van der Waals surface area contributed by atoms with E-state index >= 15 is 0 Å². The van der Waals surface area contributed by atoms with Crippen molar-refractivity contribution in [1.29, 1.82) is 0 Å². The first kappa shape index (κ1) is 10.6. The van der Waals surface area contributed by atoms with Crippen LogP contribution >= 0.6 is 0 Å². The van der Waals surface area contributed by atoms with Crippen LogP contribution < -0.4 is 0 Å². The minimum absolute atomic E-state index is 0.0931. The minimum Gasteiger partial charge on any atom is -0.472 e. The van der Waals surface area contributed by atoms with Gasteiger partial charge in [-0.05, 0) is 12.1 Å². The topological polar surface area (TPSA) is 117 Å². The molecule has 0 heterocycles. The molecule has 7 heteroatoms. The summed E-state index contributed by atoms with van der Waals surface area (Å²) in [6.07, 6.45) is 0. The molecule has 0 aliphatic rings. The lowest BCUT2D eigenvalue weighted by molar-refractivity contribution is -0.384. The fraction of sp³-hybridized carbons (Fsp3) is 0. The Morgan fingerprint density at radius 2 is 1.93 bits per heavy atom. The Morgan fingerprint density at radius 1 is 1.40 bits per heavy atom. The van der Waals surface area contributed by atoms with E-state index in [9.17, 15) is 14.9 Å². The van der Waals surface area contributed by atoms with Crippen molar-refractivity contribution in [2.24, 2.45) is 0 Å². The molecule has 1 aromatic carbocycles. The molecule has 0 radical (unpaired) electrons. The molecule has 0 saturated heterocycles. The number of rotatable bonds is 3. The van der Waals surface area contributed by atoms with Crippen LogP contribution in [-0.2, 0) is 4.79 Å². The van der Waals surface area contributed by atoms with Crippen molar-refractivity contribution in [3.8, 4) is 0 Å². The van der Waals surface area contributed by atoms with Crippen LogP contribution in [0.1, 0.15) is 5.56 Å². The maximum Gasteiger partial charge on any atom is 0.419 e. The first-order chi connectivity index (χ1) is 7.06. The van der Waals surface area contributed by atoms with Gasteiger partial charge >= 0.3 is 11.7 Å². The van der Waals surface area contributed by atoms with Gasteiger partial charge < -0.3 is 10.6 Å². The van der Waals surface area contributed by atoms with Crippen LogP contribution in [0.15, 0.2) is 24.3 Å². The van der Waals surface area contributed by atoms with E-state index in [0.717, 1.165) is 12.1 Å². The fourth-order valence-corrected chi connectivity index (χ4v) is 0.965. The molecule has 0 aliphatic heterocycles. The Bertz CT molecular complexity index is 459. The number of nitro groups is 1. The van der Waals surface area contributed by atoms with Crippen molar-refractivity contribution in [3.05, 3.63) is 45.5 Å². The number of non-ortho nitro benzene ring substituents is 1. The second-order valence-corrected chi connectivity index (χ2v) is 2.56. The molecule has 76 valence electrons. The molecule has 0 aliphatic carbocycles. The average Bonchev–Trinajstić information content (AvgIpc) is 2.19. The molecular formula is C8H5N3O4. The largest absolute Gasteiger partial charge is 0.472 e. The molecular weight excluding hydrogens is 202 g/mol. The zero-order valence-corrected chi connectivity index (χ0v) is 7.32. The van der Waals surface area contributed by atoms with Crippen LogP contribution in [0.25, 0.3) is 5.53 Å². The van der Waals surface area contributed by atoms with Gasteiger partial charge in [-0.1, -0.05) is 0 Å². The maximum atomic E-state index is 10.5. The summed E-state index contributed by atoms with van der Waals surface area (Å²) in [6, 6.07) is 4.65. The summed E-state index contributed by atoms with van der Waals surface area (Å²) < 4.78 is 0. The van der Waals surface area contributed by atoms with E-state index in [1.165, 1.54) is 12.1 Å². The zero-order chi connectivity index (χ0) is 11.4. The molecule has 0 bridgehead atoms. The van der Waals surface area contributed by atoms with Crippen molar-refractivity contribution in [1.82, 2.24) is 0 Å². The van der Waals surface area contributed by atoms with Gasteiger partial charge in [-0.2, -0.15) is 4.79 Å². The highest BCUT2D eigenvalue weighted by atomic mass is 16.6. The summed E-state index contributed by atoms with van der Waals surface area (Å²) in [5, 5.41) is 18.9. The van der Waals surface area contributed by atoms with E-state index in [2.05, 4.69) is 4.79 Å². The molecule has 1 N–H and O–H groups in total. The third-order valence-electron chi connectivity index (χ3n) is 1.65. The number of benzene rings is 1. The first-order valence-corrected chi connectivity index (χ1v) is 3.76. The normalized spacial score (nSPS) is 9.07. The van der Waals surface area contributed by atoms with Crippen LogP contribution in [0.5, 0.6) is 0 Å². The lowest BCUT2D eigenvalue weighted by atomic mass is 10.1. The highest BCUT2D eigenvalue weighted by Gasteiger charge is 2.21. The summed E-state index contributed by atoms with van der Waals surface area (Å²) in [6.45, 7) is 0. The fourth-order valence-electron chi connectivity index (χ4n) is 0.965. The molecule has 0 unspecified atom stereocenters. The van der Waals surface area contributed by atoms with Crippen molar-refractivity contribution in [3.63, 3.8) is 0 Å². The predicted molar refractivity (Wildman–Crippen MR) is 48.5 cm³/mol. The van der Waals surface area contributed by atoms with E-state index in [1.807, 2.05) is 0 Å². The summed E-state index contributed by atoms with van der Waals surface area (Å²) in [5.74, 6) is -1.41. The van der Waals surface area contributed by atoms with Gasteiger partial charge in [0.1, 0.15) is 0 Å².